The quantitative estimate of drug-likeness (QED) is 0.397. The molecule has 0 aliphatic carbocycles. The molecule has 0 aliphatic rings. The molecule has 1 aromatic heterocycles. The molecule has 0 bridgehead atoms. The molecule has 1 amide bonds. The summed E-state index contributed by atoms with van der Waals surface area (Å²) < 4.78 is 54.8. The number of benzene rings is 1. The standard InChI is InChI=1S/C17H18F4N4O/c18-13-12(14(19)16(21)25-15(13)20)9-5-1-2-7-11(9)24-17(26)10(23)6-3-4-8-22/h1-2,5,7,10H,3-4,6,8,22-23H2,(H,24,26)/t10-/m0/s1. The van der Waals surface area contributed by atoms with E-state index >= 15 is 0 Å². The molecule has 140 valence electrons. The number of carbonyl (C=O) groups excluding carboxylic acids is 1. The Balaban J connectivity index is 2.34. The maximum atomic E-state index is 14.0. The van der Waals surface area contributed by atoms with Crippen molar-refractivity contribution in [1.29, 1.82) is 0 Å². The third-order valence-corrected chi connectivity index (χ3v) is 3.76. The molecule has 1 atom stereocenters. The van der Waals surface area contributed by atoms with E-state index in [0.717, 1.165) is 0 Å². The molecule has 0 saturated carbocycles. The number of nitrogens with zero attached hydrogens (tertiary/aromatic N) is 1. The molecule has 2 rings (SSSR count). The minimum absolute atomic E-state index is 0.0328. The van der Waals surface area contributed by atoms with Gasteiger partial charge in [0.15, 0.2) is 11.6 Å². The van der Waals surface area contributed by atoms with Gasteiger partial charge < -0.3 is 16.8 Å². The van der Waals surface area contributed by atoms with Crippen LogP contribution in [0.25, 0.3) is 11.1 Å². The summed E-state index contributed by atoms with van der Waals surface area (Å²) in [5.41, 5.74) is 9.92. The fraction of sp³-hybridized carbons (Fsp3) is 0.294. The summed E-state index contributed by atoms with van der Waals surface area (Å²) in [6.07, 6.45) is 1.70. The van der Waals surface area contributed by atoms with Crippen molar-refractivity contribution in [3.05, 3.63) is 47.8 Å². The topological polar surface area (TPSA) is 94.0 Å². The number of para-hydroxylation sites is 1. The van der Waals surface area contributed by atoms with Gasteiger partial charge in [0.25, 0.3) is 11.9 Å². The number of aromatic nitrogens is 1. The van der Waals surface area contributed by atoms with Gasteiger partial charge in [-0.15, -0.1) is 0 Å². The number of carbonyl (C=O) groups is 1. The summed E-state index contributed by atoms with van der Waals surface area (Å²) >= 11 is 0. The molecule has 0 spiro atoms. The Hall–Kier alpha value is -2.52. The SMILES string of the molecule is NCCCC[C@H](N)C(=O)Nc1ccccc1-c1c(F)c(F)nc(F)c1F. The van der Waals surface area contributed by atoms with Gasteiger partial charge in [0.05, 0.1) is 11.6 Å². The molecule has 0 aliphatic heterocycles. The Morgan fingerprint density at radius 1 is 1.08 bits per heavy atom. The summed E-state index contributed by atoms with van der Waals surface area (Å²) in [6.45, 7) is 0.467. The molecule has 0 saturated heterocycles. The summed E-state index contributed by atoms with van der Waals surface area (Å²) in [7, 11) is 0. The van der Waals surface area contributed by atoms with Gasteiger partial charge in [-0.3, -0.25) is 4.79 Å². The zero-order chi connectivity index (χ0) is 19.3. The van der Waals surface area contributed by atoms with Crippen LogP contribution in [0.4, 0.5) is 23.2 Å². The first-order valence-corrected chi connectivity index (χ1v) is 7.92. The predicted octanol–water partition coefficient (Wildman–Crippen LogP) is 2.70. The second kappa shape index (κ2) is 8.72. The van der Waals surface area contributed by atoms with Crippen molar-refractivity contribution in [2.75, 3.05) is 11.9 Å². The fourth-order valence-corrected chi connectivity index (χ4v) is 2.40. The zero-order valence-electron chi connectivity index (χ0n) is 13.7. The van der Waals surface area contributed by atoms with Crippen LogP contribution in [0.3, 0.4) is 0 Å². The lowest BCUT2D eigenvalue weighted by atomic mass is 10.0. The number of anilines is 1. The van der Waals surface area contributed by atoms with Gasteiger partial charge in [0.2, 0.25) is 5.91 Å². The third-order valence-electron chi connectivity index (χ3n) is 3.76. The van der Waals surface area contributed by atoms with Gasteiger partial charge in [-0.25, -0.2) is 8.78 Å². The highest BCUT2D eigenvalue weighted by Crippen LogP contribution is 2.33. The minimum atomic E-state index is -1.78. The molecule has 5 nitrogen and oxygen atoms in total. The maximum absolute atomic E-state index is 14.0. The average molecular weight is 370 g/mol. The number of pyridine rings is 1. The zero-order valence-corrected chi connectivity index (χ0v) is 13.7. The molecule has 0 radical (unpaired) electrons. The molecule has 5 N–H and O–H groups in total. The summed E-state index contributed by atoms with van der Waals surface area (Å²) in [5, 5.41) is 2.44. The number of amides is 1. The molecule has 2 aromatic rings. The number of nitrogens with two attached hydrogens (primary N) is 2. The smallest absolute Gasteiger partial charge is 0.252 e. The van der Waals surface area contributed by atoms with E-state index in [0.29, 0.717) is 25.8 Å². The number of hydrogen-bond donors (Lipinski definition) is 3. The van der Waals surface area contributed by atoms with E-state index < -0.39 is 41.0 Å². The Morgan fingerprint density at radius 3 is 2.31 bits per heavy atom. The number of unbranched alkanes of at least 4 members (excludes halogenated alkanes) is 1. The van der Waals surface area contributed by atoms with Crippen molar-refractivity contribution >= 4 is 11.6 Å². The number of rotatable bonds is 7. The van der Waals surface area contributed by atoms with Crippen LogP contribution in [0.15, 0.2) is 24.3 Å². The monoisotopic (exact) mass is 370 g/mol. The number of hydrogen-bond acceptors (Lipinski definition) is 4. The maximum Gasteiger partial charge on any atom is 0.252 e. The van der Waals surface area contributed by atoms with E-state index in [1.165, 1.54) is 24.3 Å². The molecule has 0 unspecified atom stereocenters. The Morgan fingerprint density at radius 2 is 1.69 bits per heavy atom. The van der Waals surface area contributed by atoms with Crippen LogP contribution >= 0.6 is 0 Å². The van der Waals surface area contributed by atoms with Gasteiger partial charge in [-0.2, -0.15) is 13.8 Å². The van der Waals surface area contributed by atoms with Crippen LogP contribution in [0.2, 0.25) is 0 Å². The molecule has 1 heterocycles. The first-order valence-electron chi connectivity index (χ1n) is 7.92. The molecule has 26 heavy (non-hydrogen) atoms. The van der Waals surface area contributed by atoms with Crippen LogP contribution in [0.5, 0.6) is 0 Å². The van der Waals surface area contributed by atoms with Crippen molar-refractivity contribution in [2.24, 2.45) is 11.5 Å². The molecular weight excluding hydrogens is 352 g/mol. The number of halogens is 4. The molecule has 1 aromatic carbocycles. The minimum Gasteiger partial charge on any atom is -0.330 e. The van der Waals surface area contributed by atoms with Crippen molar-refractivity contribution in [3.63, 3.8) is 0 Å². The predicted molar refractivity (Wildman–Crippen MR) is 89.0 cm³/mol. The Bertz CT molecular complexity index is 774. The lowest BCUT2D eigenvalue weighted by Gasteiger charge is -2.16. The Labute approximate surface area is 147 Å². The fourth-order valence-electron chi connectivity index (χ4n) is 2.40. The van der Waals surface area contributed by atoms with Crippen LogP contribution in [-0.2, 0) is 4.79 Å². The van der Waals surface area contributed by atoms with E-state index in [-0.39, 0.29) is 11.3 Å². The third kappa shape index (κ3) is 4.36. The van der Waals surface area contributed by atoms with E-state index in [2.05, 4.69) is 10.3 Å². The van der Waals surface area contributed by atoms with E-state index in [1.807, 2.05) is 0 Å². The second-order valence-corrected chi connectivity index (χ2v) is 5.62. The van der Waals surface area contributed by atoms with Crippen LogP contribution in [0.1, 0.15) is 19.3 Å². The number of nitrogens with one attached hydrogen (secondary N) is 1. The van der Waals surface area contributed by atoms with Crippen molar-refractivity contribution in [3.8, 4) is 11.1 Å². The first-order chi connectivity index (χ1) is 12.4. The lowest BCUT2D eigenvalue weighted by molar-refractivity contribution is -0.117. The summed E-state index contributed by atoms with van der Waals surface area (Å²) in [6, 6.07) is 4.59. The van der Waals surface area contributed by atoms with Crippen molar-refractivity contribution < 1.29 is 22.4 Å². The summed E-state index contributed by atoms with van der Waals surface area (Å²) in [5.74, 6) is -7.46. The van der Waals surface area contributed by atoms with E-state index in [9.17, 15) is 22.4 Å². The van der Waals surface area contributed by atoms with Gasteiger partial charge in [-0.05, 0) is 25.5 Å². The van der Waals surface area contributed by atoms with E-state index in [4.69, 9.17) is 11.5 Å². The van der Waals surface area contributed by atoms with Crippen molar-refractivity contribution in [1.82, 2.24) is 4.98 Å². The van der Waals surface area contributed by atoms with E-state index in [1.54, 1.807) is 0 Å². The lowest BCUT2D eigenvalue weighted by Crippen LogP contribution is -2.35. The normalized spacial score (nSPS) is 12.1. The highest BCUT2D eigenvalue weighted by atomic mass is 19.2. The van der Waals surface area contributed by atoms with Gasteiger partial charge >= 0.3 is 0 Å². The van der Waals surface area contributed by atoms with Gasteiger partial charge in [0, 0.05) is 11.3 Å². The highest BCUT2D eigenvalue weighted by molar-refractivity contribution is 5.98. The molecule has 0 fully saturated rings. The van der Waals surface area contributed by atoms with Gasteiger partial charge in [0.1, 0.15) is 0 Å². The second-order valence-electron chi connectivity index (χ2n) is 5.62. The first kappa shape index (κ1) is 19.8. The van der Waals surface area contributed by atoms with Crippen LogP contribution < -0.4 is 16.8 Å². The van der Waals surface area contributed by atoms with Crippen molar-refractivity contribution in [2.45, 2.75) is 25.3 Å². The largest absolute Gasteiger partial charge is 0.330 e. The molecule has 9 heteroatoms. The average Bonchev–Trinajstić information content (AvgIpc) is 2.61. The van der Waals surface area contributed by atoms with Crippen LogP contribution in [-0.4, -0.2) is 23.5 Å². The van der Waals surface area contributed by atoms with Gasteiger partial charge in [-0.1, -0.05) is 24.6 Å². The Kier molecular flexibility index (Phi) is 6.64. The highest BCUT2D eigenvalue weighted by Gasteiger charge is 2.24. The summed E-state index contributed by atoms with van der Waals surface area (Å²) in [4.78, 5) is 14.7. The molecular formula is C17H18F4N4O. The van der Waals surface area contributed by atoms with Crippen LogP contribution in [0, 0.1) is 23.5 Å².